The van der Waals surface area contributed by atoms with E-state index in [0.29, 0.717) is 5.52 Å². The molecule has 0 bridgehead atoms. The molecule has 0 saturated heterocycles. The van der Waals surface area contributed by atoms with Gasteiger partial charge in [0.15, 0.2) is 0 Å². The number of anilines is 1. The Labute approximate surface area is 92.3 Å². The molecule has 82 valence electrons. The summed E-state index contributed by atoms with van der Waals surface area (Å²) in [7, 11) is 0. The summed E-state index contributed by atoms with van der Waals surface area (Å²) in [5.41, 5.74) is 1.33. The summed E-state index contributed by atoms with van der Waals surface area (Å²) in [5.74, 6) is 0. The second kappa shape index (κ2) is 4.14. The normalized spacial score (nSPS) is 10.3. The highest BCUT2D eigenvalue weighted by molar-refractivity contribution is 5.96. The second-order valence-electron chi connectivity index (χ2n) is 3.32. The van der Waals surface area contributed by atoms with Gasteiger partial charge in [-0.1, -0.05) is 12.1 Å². The van der Waals surface area contributed by atoms with Crippen LogP contribution in [0, 0.1) is 10.1 Å². The number of nitrogens with zero attached hydrogens (tertiary/aromatic N) is 2. The molecule has 1 heterocycles. The Kier molecular flexibility index (Phi) is 2.68. The number of hydrogen-bond acceptors (Lipinski definition) is 4. The quantitative estimate of drug-likeness (QED) is 0.633. The predicted octanol–water partition coefficient (Wildman–Crippen LogP) is 2.57. The number of aromatic nitrogens is 1. The minimum atomic E-state index is -0.412. The molecule has 0 atom stereocenters. The average Bonchev–Trinajstić information content (AvgIpc) is 2.29. The van der Waals surface area contributed by atoms with Gasteiger partial charge in [-0.2, -0.15) is 0 Å². The van der Waals surface area contributed by atoms with Gasteiger partial charge in [0.05, 0.1) is 4.92 Å². The van der Waals surface area contributed by atoms with Crippen molar-refractivity contribution in [3.05, 3.63) is 40.6 Å². The summed E-state index contributed by atoms with van der Waals surface area (Å²) < 4.78 is 0. The molecule has 2 rings (SSSR count). The topological polar surface area (TPSA) is 68.1 Å². The molecule has 16 heavy (non-hydrogen) atoms. The monoisotopic (exact) mass is 217 g/mol. The molecule has 5 heteroatoms. The first-order valence-electron chi connectivity index (χ1n) is 5.00. The number of para-hydroxylation sites is 1. The molecule has 1 aromatic heterocycles. The van der Waals surface area contributed by atoms with E-state index in [1.165, 1.54) is 6.07 Å². The molecule has 0 fully saturated rings. The SMILES string of the molecule is CCNc1ccnc2c([N+](=O)[O-])cccc12. The highest BCUT2D eigenvalue weighted by Crippen LogP contribution is 2.28. The lowest BCUT2D eigenvalue weighted by molar-refractivity contribution is -0.383. The fourth-order valence-electron chi connectivity index (χ4n) is 1.65. The van der Waals surface area contributed by atoms with Gasteiger partial charge in [0.25, 0.3) is 5.69 Å². The third-order valence-electron chi connectivity index (χ3n) is 2.31. The zero-order valence-electron chi connectivity index (χ0n) is 8.80. The minimum absolute atomic E-state index is 0.0391. The van der Waals surface area contributed by atoms with Crippen molar-refractivity contribution < 1.29 is 4.92 Å². The molecule has 0 saturated carbocycles. The molecule has 5 nitrogen and oxygen atoms in total. The van der Waals surface area contributed by atoms with Crippen molar-refractivity contribution in [2.75, 3.05) is 11.9 Å². The molecular formula is C11H11N3O2. The fraction of sp³-hybridized carbons (Fsp3) is 0.182. The van der Waals surface area contributed by atoms with Crippen molar-refractivity contribution in [1.29, 1.82) is 0 Å². The third-order valence-corrected chi connectivity index (χ3v) is 2.31. The van der Waals surface area contributed by atoms with E-state index in [0.717, 1.165) is 17.6 Å². The van der Waals surface area contributed by atoms with E-state index in [-0.39, 0.29) is 5.69 Å². The first-order valence-corrected chi connectivity index (χ1v) is 5.00. The Morgan fingerprint density at radius 2 is 2.25 bits per heavy atom. The van der Waals surface area contributed by atoms with Crippen LogP contribution in [0.3, 0.4) is 0 Å². The predicted molar refractivity (Wildman–Crippen MR) is 62.6 cm³/mol. The van der Waals surface area contributed by atoms with Crippen LogP contribution in [0.4, 0.5) is 11.4 Å². The second-order valence-corrected chi connectivity index (χ2v) is 3.32. The first kappa shape index (κ1) is 10.4. The average molecular weight is 217 g/mol. The smallest absolute Gasteiger partial charge is 0.295 e. The lowest BCUT2D eigenvalue weighted by Crippen LogP contribution is -1.99. The number of rotatable bonds is 3. The van der Waals surface area contributed by atoms with Crippen LogP contribution < -0.4 is 5.32 Å². The van der Waals surface area contributed by atoms with Crippen LogP contribution in [0.1, 0.15) is 6.92 Å². The van der Waals surface area contributed by atoms with Crippen molar-refractivity contribution in [1.82, 2.24) is 4.98 Å². The molecule has 1 N–H and O–H groups in total. The number of hydrogen-bond donors (Lipinski definition) is 1. The maximum Gasteiger partial charge on any atom is 0.295 e. The van der Waals surface area contributed by atoms with Crippen molar-refractivity contribution in [3.63, 3.8) is 0 Å². The fourth-order valence-corrected chi connectivity index (χ4v) is 1.65. The number of nitrogens with one attached hydrogen (secondary N) is 1. The third kappa shape index (κ3) is 1.67. The Bertz CT molecular complexity index is 540. The van der Waals surface area contributed by atoms with E-state index >= 15 is 0 Å². The minimum Gasteiger partial charge on any atom is -0.385 e. The number of nitro benzene ring substituents is 1. The van der Waals surface area contributed by atoms with Gasteiger partial charge >= 0.3 is 0 Å². The largest absolute Gasteiger partial charge is 0.385 e. The van der Waals surface area contributed by atoms with Crippen LogP contribution in [0.5, 0.6) is 0 Å². The van der Waals surface area contributed by atoms with Gasteiger partial charge in [0.2, 0.25) is 0 Å². The van der Waals surface area contributed by atoms with Crippen LogP contribution in [0.25, 0.3) is 10.9 Å². The lowest BCUT2D eigenvalue weighted by Gasteiger charge is -2.06. The maximum atomic E-state index is 10.8. The number of benzene rings is 1. The van der Waals surface area contributed by atoms with Gasteiger partial charge in [-0.3, -0.25) is 10.1 Å². The molecular weight excluding hydrogens is 206 g/mol. The summed E-state index contributed by atoms with van der Waals surface area (Å²) in [6.45, 7) is 2.74. The number of nitro groups is 1. The molecule has 0 aliphatic rings. The van der Waals surface area contributed by atoms with E-state index in [1.54, 1.807) is 12.3 Å². The highest BCUT2D eigenvalue weighted by Gasteiger charge is 2.13. The molecule has 0 aliphatic heterocycles. The molecule has 0 unspecified atom stereocenters. The van der Waals surface area contributed by atoms with Crippen molar-refractivity contribution >= 4 is 22.3 Å². The highest BCUT2D eigenvalue weighted by atomic mass is 16.6. The van der Waals surface area contributed by atoms with E-state index in [9.17, 15) is 10.1 Å². The zero-order valence-corrected chi connectivity index (χ0v) is 8.80. The van der Waals surface area contributed by atoms with Crippen LogP contribution in [-0.4, -0.2) is 16.5 Å². The first-order chi connectivity index (χ1) is 7.74. The molecule has 0 amide bonds. The van der Waals surface area contributed by atoms with Gasteiger partial charge in [0, 0.05) is 29.9 Å². The van der Waals surface area contributed by atoms with Crippen LogP contribution in [0.2, 0.25) is 0 Å². The molecule has 0 radical (unpaired) electrons. The van der Waals surface area contributed by atoms with E-state index < -0.39 is 4.92 Å². The number of fused-ring (bicyclic) bond motifs is 1. The Balaban J connectivity index is 2.71. The van der Waals surface area contributed by atoms with Crippen molar-refractivity contribution in [2.45, 2.75) is 6.92 Å². The van der Waals surface area contributed by atoms with Gasteiger partial charge in [0.1, 0.15) is 5.52 Å². The van der Waals surface area contributed by atoms with Crippen molar-refractivity contribution in [2.24, 2.45) is 0 Å². The number of non-ortho nitro benzene ring substituents is 1. The van der Waals surface area contributed by atoms with Gasteiger partial charge in [-0.05, 0) is 13.0 Å². The Morgan fingerprint density at radius 3 is 2.94 bits per heavy atom. The summed E-state index contributed by atoms with van der Waals surface area (Å²) in [4.78, 5) is 14.5. The summed E-state index contributed by atoms with van der Waals surface area (Å²) in [5, 5.41) is 14.8. The standard InChI is InChI=1S/C11H11N3O2/c1-2-12-9-6-7-13-11-8(9)4-3-5-10(11)14(15)16/h3-7H,2H2,1H3,(H,12,13). The van der Waals surface area contributed by atoms with Crippen LogP contribution in [0.15, 0.2) is 30.5 Å². The van der Waals surface area contributed by atoms with Crippen molar-refractivity contribution in [3.8, 4) is 0 Å². The summed E-state index contributed by atoms with van der Waals surface area (Å²) >= 11 is 0. The Hall–Kier alpha value is -2.17. The molecule has 0 spiro atoms. The van der Waals surface area contributed by atoms with E-state index in [4.69, 9.17) is 0 Å². The Morgan fingerprint density at radius 1 is 1.44 bits per heavy atom. The summed E-state index contributed by atoms with van der Waals surface area (Å²) in [6, 6.07) is 6.77. The molecule has 0 aliphatic carbocycles. The van der Waals surface area contributed by atoms with Gasteiger partial charge < -0.3 is 5.32 Å². The van der Waals surface area contributed by atoms with Gasteiger partial charge in [-0.15, -0.1) is 0 Å². The lowest BCUT2D eigenvalue weighted by atomic mass is 10.1. The zero-order chi connectivity index (χ0) is 11.5. The molecule has 1 aromatic carbocycles. The van der Waals surface area contributed by atoms with Crippen LogP contribution >= 0.6 is 0 Å². The van der Waals surface area contributed by atoms with Crippen LogP contribution in [-0.2, 0) is 0 Å². The maximum absolute atomic E-state index is 10.8. The van der Waals surface area contributed by atoms with E-state index in [1.807, 2.05) is 19.1 Å². The van der Waals surface area contributed by atoms with E-state index in [2.05, 4.69) is 10.3 Å². The number of pyridine rings is 1. The van der Waals surface area contributed by atoms with Gasteiger partial charge in [-0.25, -0.2) is 4.98 Å². The molecule has 2 aromatic rings. The summed E-state index contributed by atoms with van der Waals surface area (Å²) in [6.07, 6.45) is 1.58.